The van der Waals surface area contributed by atoms with Crippen molar-refractivity contribution in [3.63, 3.8) is 0 Å². The van der Waals surface area contributed by atoms with Gasteiger partial charge in [-0.1, -0.05) is 45.7 Å². The van der Waals surface area contributed by atoms with E-state index < -0.39 is 0 Å². The van der Waals surface area contributed by atoms with E-state index in [0.29, 0.717) is 6.61 Å². The predicted molar refractivity (Wildman–Crippen MR) is 116 cm³/mol. The molecule has 5 heteroatoms. The number of hydrogen-bond donors (Lipinski definition) is 1. The van der Waals surface area contributed by atoms with Crippen molar-refractivity contribution in [2.24, 2.45) is 0 Å². The van der Waals surface area contributed by atoms with E-state index in [1.54, 1.807) is 0 Å². The molecular formula is C21H18Br2ClNO. The molecule has 0 aliphatic rings. The molecule has 0 radical (unpaired) electrons. The Balaban J connectivity index is 1.60. The highest BCUT2D eigenvalue weighted by Crippen LogP contribution is 2.28. The molecule has 0 saturated carbocycles. The van der Waals surface area contributed by atoms with E-state index in [1.807, 2.05) is 36.4 Å². The lowest BCUT2D eigenvalue weighted by Gasteiger charge is -2.12. The van der Waals surface area contributed by atoms with E-state index >= 15 is 0 Å². The molecule has 0 fully saturated rings. The highest BCUT2D eigenvalue weighted by molar-refractivity contribution is 9.10. The van der Waals surface area contributed by atoms with Gasteiger partial charge >= 0.3 is 0 Å². The molecule has 26 heavy (non-hydrogen) atoms. The Kier molecular flexibility index (Phi) is 6.63. The summed E-state index contributed by atoms with van der Waals surface area (Å²) in [5, 5.41) is 4.20. The maximum atomic E-state index is 5.91. The van der Waals surface area contributed by atoms with Gasteiger partial charge in [-0.15, -0.1) is 0 Å². The Morgan fingerprint density at radius 2 is 1.65 bits per heavy atom. The van der Waals surface area contributed by atoms with E-state index in [9.17, 15) is 0 Å². The number of halogens is 3. The average Bonchev–Trinajstić information content (AvgIpc) is 2.61. The number of rotatable bonds is 6. The van der Waals surface area contributed by atoms with Crippen LogP contribution >= 0.6 is 43.5 Å². The molecule has 0 spiro atoms. The molecule has 0 aromatic heterocycles. The van der Waals surface area contributed by atoms with Crippen molar-refractivity contribution in [1.29, 1.82) is 0 Å². The Morgan fingerprint density at radius 1 is 0.923 bits per heavy atom. The Labute approximate surface area is 175 Å². The zero-order valence-electron chi connectivity index (χ0n) is 14.2. The Bertz CT molecular complexity index is 897. The number of ether oxygens (including phenoxy) is 1. The van der Waals surface area contributed by atoms with Crippen molar-refractivity contribution in [2.75, 3.05) is 5.32 Å². The minimum absolute atomic E-state index is 0.505. The highest BCUT2D eigenvalue weighted by Gasteiger charge is 2.05. The van der Waals surface area contributed by atoms with E-state index in [4.69, 9.17) is 16.3 Å². The molecule has 0 amide bonds. The third-order valence-corrected chi connectivity index (χ3v) is 5.34. The van der Waals surface area contributed by atoms with Crippen LogP contribution in [-0.2, 0) is 13.2 Å². The van der Waals surface area contributed by atoms with Gasteiger partial charge in [0.25, 0.3) is 0 Å². The minimum Gasteiger partial charge on any atom is -0.488 e. The second-order valence-corrected chi connectivity index (χ2v) is 8.20. The summed E-state index contributed by atoms with van der Waals surface area (Å²) in [4.78, 5) is 0. The van der Waals surface area contributed by atoms with E-state index in [0.717, 1.165) is 37.5 Å². The van der Waals surface area contributed by atoms with Crippen molar-refractivity contribution < 1.29 is 4.74 Å². The molecule has 0 saturated heterocycles. The second kappa shape index (κ2) is 8.94. The molecule has 0 bridgehead atoms. The predicted octanol–water partition coefficient (Wildman–Crippen LogP) is 7.36. The molecular weight excluding hydrogens is 477 g/mol. The van der Waals surface area contributed by atoms with Gasteiger partial charge in [0.2, 0.25) is 0 Å². The minimum atomic E-state index is 0.505. The smallest absolute Gasteiger partial charge is 0.134 e. The third kappa shape index (κ3) is 5.26. The number of hydrogen-bond acceptors (Lipinski definition) is 2. The maximum Gasteiger partial charge on any atom is 0.134 e. The maximum absolute atomic E-state index is 5.91. The Hall–Kier alpha value is -1.49. The van der Waals surface area contributed by atoms with Crippen LogP contribution in [0.15, 0.2) is 69.6 Å². The van der Waals surface area contributed by atoms with Gasteiger partial charge in [-0.2, -0.15) is 0 Å². The van der Waals surface area contributed by atoms with Gasteiger partial charge in [-0.25, -0.2) is 0 Å². The normalized spacial score (nSPS) is 10.6. The summed E-state index contributed by atoms with van der Waals surface area (Å²) < 4.78 is 7.93. The fraction of sp³-hybridized carbons (Fsp3) is 0.143. The van der Waals surface area contributed by atoms with Crippen LogP contribution in [0.25, 0.3) is 0 Å². The number of benzene rings is 3. The molecule has 0 aliphatic carbocycles. The molecule has 2 nitrogen and oxygen atoms in total. The van der Waals surface area contributed by atoms with Crippen LogP contribution in [-0.4, -0.2) is 0 Å². The van der Waals surface area contributed by atoms with Crippen LogP contribution in [0.5, 0.6) is 5.75 Å². The molecule has 3 rings (SSSR count). The van der Waals surface area contributed by atoms with Crippen LogP contribution < -0.4 is 10.1 Å². The Morgan fingerprint density at radius 3 is 2.35 bits per heavy atom. The zero-order chi connectivity index (χ0) is 18.5. The summed E-state index contributed by atoms with van der Waals surface area (Å²) in [5.74, 6) is 0.823. The fourth-order valence-corrected chi connectivity index (χ4v) is 3.68. The zero-order valence-corrected chi connectivity index (χ0v) is 18.2. The SMILES string of the molecule is Cc1cc(Br)ccc1NCc1ccc(OCc2ccc(Cl)cc2)c(Br)c1. The van der Waals surface area contributed by atoms with Crippen molar-refractivity contribution in [1.82, 2.24) is 0 Å². The highest BCUT2D eigenvalue weighted by atomic mass is 79.9. The summed E-state index contributed by atoms with van der Waals surface area (Å²) in [7, 11) is 0. The van der Waals surface area contributed by atoms with Crippen LogP contribution in [0, 0.1) is 6.92 Å². The lowest BCUT2D eigenvalue weighted by molar-refractivity contribution is 0.304. The van der Waals surface area contributed by atoms with Crippen LogP contribution in [0.1, 0.15) is 16.7 Å². The number of aryl methyl sites for hydroxylation is 1. The lowest BCUT2D eigenvalue weighted by atomic mass is 10.1. The van der Waals surface area contributed by atoms with Crippen molar-refractivity contribution >= 4 is 49.1 Å². The average molecular weight is 496 g/mol. The number of anilines is 1. The first kappa shape index (κ1) is 19.3. The summed E-state index contributed by atoms with van der Waals surface area (Å²) in [6.45, 7) is 3.35. The first-order chi connectivity index (χ1) is 12.5. The number of nitrogens with one attached hydrogen (secondary N) is 1. The third-order valence-electron chi connectivity index (χ3n) is 3.98. The van der Waals surface area contributed by atoms with Gasteiger partial charge in [0.1, 0.15) is 12.4 Å². The molecule has 0 aliphatic heterocycles. The van der Waals surface area contributed by atoms with Gasteiger partial charge in [-0.05, 0) is 82.0 Å². The quantitative estimate of drug-likeness (QED) is 0.386. The van der Waals surface area contributed by atoms with Gasteiger partial charge in [0, 0.05) is 21.7 Å². The largest absolute Gasteiger partial charge is 0.488 e. The van der Waals surface area contributed by atoms with Crippen molar-refractivity contribution in [3.8, 4) is 5.75 Å². The van der Waals surface area contributed by atoms with Gasteiger partial charge in [-0.3, -0.25) is 0 Å². The molecule has 0 unspecified atom stereocenters. The monoisotopic (exact) mass is 493 g/mol. The lowest BCUT2D eigenvalue weighted by Crippen LogP contribution is -2.02. The van der Waals surface area contributed by atoms with E-state index in [-0.39, 0.29) is 0 Å². The molecule has 0 heterocycles. The van der Waals surface area contributed by atoms with Crippen LogP contribution in [0.2, 0.25) is 5.02 Å². The molecule has 1 N–H and O–H groups in total. The first-order valence-electron chi connectivity index (χ1n) is 8.17. The fourth-order valence-electron chi connectivity index (χ4n) is 2.54. The van der Waals surface area contributed by atoms with E-state index in [1.165, 1.54) is 11.1 Å². The van der Waals surface area contributed by atoms with Crippen LogP contribution in [0.3, 0.4) is 0 Å². The topological polar surface area (TPSA) is 21.3 Å². The molecule has 0 atom stereocenters. The summed E-state index contributed by atoms with van der Waals surface area (Å²) in [6, 6.07) is 20.0. The van der Waals surface area contributed by atoms with Gasteiger partial charge in [0.05, 0.1) is 4.47 Å². The molecule has 3 aromatic rings. The molecule has 134 valence electrons. The van der Waals surface area contributed by atoms with Crippen LogP contribution in [0.4, 0.5) is 5.69 Å². The summed E-state index contributed by atoms with van der Waals surface area (Å²) >= 11 is 13.0. The first-order valence-corrected chi connectivity index (χ1v) is 10.1. The summed E-state index contributed by atoms with van der Waals surface area (Å²) in [5.41, 5.74) is 4.60. The molecule has 3 aromatic carbocycles. The standard InChI is InChI=1S/C21H18Br2ClNO/c1-14-10-17(22)5-8-20(14)25-12-16-4-9-21(19(23)11-16)26-13-15-2-6-18(24)7-3-15/h2-11,25H,12-13H2,1H3. The second-order valence-electron chi connectivity index (χ2n) is 5.99. The van der Waals surface area contributed by atoms with Gasteiger partial charge < -0.3 is 10.1 Å². The van der Waals surface area contributed by atoms with Gasteiger partial charge in [0.15, 0.2) is 0 Å². The van der Waals surface area contributed by atoms with E-state index in [2.05, 4.69) is 68.4 Å². The van der Waals surface area contributed by atoms with Crippen molar-refractivity contribution in [2.45, 2.75) is 20.1 Å². The van der Waals surface area contributed by atoms with Crippen molar-refractivity contribution in [3.05, 3.63) is 91.3 Å². The summed E-state index contributed by atoms with van der Waals surface area (Å²) in [6.07, 6.45) is 0.